The van der Waals surface area contributed by atoms with Gasteiger partial charge in [-0.25, -0.2) is 22.5 Å². The summed E-state index contributed by atoms with van der Waals surface area (Å²) in [6.45, 7) is 1.95. The van der Waals surface area contributed by atoms with Gasteiger partial charge >= 0.3 is 6.03 Å². The molecule has 2 saturated heterocycles. The van der Waals surface area contributed by atoms with Gasteiger partial charge in [0.25, 0.3) is 5.91 Å². The molecule has 3 amide bonds. The molecular formula is C15H19ClN4O5S. The maximum absolute atomic E-state index is 12.6. The van der Waals surface area contributed by atoms with Gasteiger partial charge in [-0.15, -0.1) is 0 Å². The number of sulfonamides is 1. The van der Waals surface area contributed by atoms with Crippen molar-refractivity contribution in [3.05, 3.63) is 23.5 Å². The third-order valence-electron chi connectivity index (χ3n) is 4.39. The number of rotatable bonds is 5. The third-order valence-corrected chi connectivity index (χ3v) is 6.70. The highest BCUT2D eigenvalue weighted by molar-refractivity contribution is 7.89. The van der Waals surface area contributed by atoms with E-state index in [4.69, 9.17) is 16.3 Å². The summed E-state index contributed by atoms with van der Waals surface area (Å²) in [5, 5.41) is 4.81. The molecule has 2 N–H and O–H groups in total. The van der Waals surface area contributed by atoms with Crippen molar-refractivity contribution >= 4 is 33.6 Å². The molecule has 1 aromatic heterocycles. The number of urea groups is 1. The van der Waals surface area contributed by atoms with Gasteiger partial charge in [0, 0.05) is 13.1 Å². The largest absolute Gasteiger partial charge is 0.489 e. The zero-order valence-electron chi connectivity index (χ0n) is 14.1. The molecule has 0 aliphatic carbocycles. The van der Waals surface area contributed by atoms with Crippen LogP contribution in [0.25, 0.3) is 0 Å². The molecule has 3 heterocycles. The van der Waals surface area contributed by atoms with Crippen LogP contribution in [-0.4, -0.2) is 60.1 Å². The summed E-state index contributed by atoms with van der Waals surface area (Å²) >= 11 is 5.73. The van der Waals surface area contributed by atoms with Crippen molar-refractivity contribution in [2.75, 3.05) is 18.8 Å². The summed E-state index contributed by atoms with van der Waals surface area (Å²) in [5.74, 6) is -0.544. The molecule has 0 bridgehead atoms. The van der Waals surface area contributed by atoms with Gasteiger partial charge in [0.05, 0.1) is 11.9 Å². The van der Waals surface area contributed by atoms with Crippen LogP contribution >= 0.6 is 11.6 Å². The first kappa shape index (κ1) is 18.9. The van der Waals surface area contributed by atoms with E-state index in [2.05, 4.69) is 15.6 Å². The summed E-state index contributed by atoms with van der Waals surface area (Å²) in [5.41, 5.74) is -1.46. The van der Waals surface area contributed by atoms with Crippen LogP contribution in [0.2, 0.25) is 5.15 Å². The minimum atomic E-state index is -3.71. The van der Waals surface area contributed by atoms with E-state index < -0.39 is 33.3 Å². The van der Waals surface area contributed by atoms with Gasteiger partial charge in [-0.1, -0.05) is 11.6 Å². The van der Waals surface area contributed by atoms with Crippen LogP contribution < -0.4 is 15.4 Å². The number of hydrogen-bond acceptors (Lipinski definition) is 6. The van der Waals surface area contributed by atoms with Gasteiger partial charge in [-0.2, -0.15) is 0 Å². The number of pyridine rings is 1. The normalized spacial score (nSPS) is 25.0. The Balaban J connectivity index is 1.57. The molecule has 0 aromatic carbocycles. The predicted molar refractivity (Wildman–Crippen MR) is 93.3 cm³/mol. The quantitative estimate of drug-likeness (QED) is 0.547. The standard InChI is InChI=1S/C15H19ClN4O5S/c1-15(13(21)18-14(22)19-15)9-26(23,24)20-6-4-10(5-7-20)25-11-2-3-12(16)17-8-11/h2-3,8,10H,4-7,9H2,1H3,(H2,18,19,21,22)/t15-/m1/s1. The maximum Gasteiger partial charge on any atom is 0.322 e. The highest BCUT2D eigenvalue weighted by Gasteiger charge is 2.46. The van der Waals surface area contributed by atoms with Crippen molar-refractivity contribution in [2.45, 2.75) is 31.4 Å². The predicted octanol–water partition coefficient (Wildman–Crippen LogP) is 0.506. The van der Waals surface area contributed by atoms with Gasteiger partial charge in [0.15, 0.2) is 0 Å². The molecule has 2 aliphatic rings. The molecule has 1 aromatic rings. The van der Waals surface area contributed by atoms with E-state index in [1.165, 1.54) is 17.4 Å². The zero-order valence-corrected chi connectivity index (χ0v) is 15.6. The second kappa shape index (κ2) is 7.01. The van der Waals surface area contributed by atoms with Crippen LogP contribution in [0.4, 0.5) is 4.79 Å². The van der Waals surface area contributed by atoms with Crippen LogP contribution in [0.3, 0.4) is 0 Å². The number of halogens is 1. The van der Waals surface area contributed by atoms with Gasteiger partial charge in [-0.05, 0) is 31.9 Å². The van der Waals surface area contributed by atoms with Gasteiger partial charge in [0.1, 0.15) is 22.5 Å². The molecule has 9 nitrogen and oxygen atoms in total. The number of carbonyl (C=O) groups is 2. The lowest BCUT2D eigenvalue weighted by molar-refractivity contribution is -0.122. The van der Waals surface area contributed by atoms with E-state index in [0.29, 0.717) is 23.7 Å². The van der Waals surface area contributed by atoms with E-state index in [9.17, 15) is 18.0 Å². The van der Waals surface area contributed by atoms with Crippen LogP contribution in [0.5, 0.6) is 5.75 Å². The SMILES string of the molecule is C[C@]1(CS(=O)(=O)N2CCC(Oc3ccc(Cl)nc3)CC2)NC(=O)NC1=O. The molecule has 1 atom stereocenters. The lowest BCUT2D eigenvalue weighted by Gasteiger charge is -2.33. The molecule has 0 unspecified atom stereocenters. The number of amides is 3. The number of imide groups is 1. The van der Waals surface area contributed by atoms with Crippen LogP contribution in [0, 0.1) is 0 Å². The summed E-state index contributed by atoms with van der Waals surface area (Å²) in [6, 6.07) is 2.65. The number of nitrogens with zero attached hydrogens (tertiary/aromatic N) is 2. The molecule has 11 heteroatoms. The Morgan fingerprint density at radius 1 is 1.35 bits per heavy atom. The monoisotopic (exact) mass is 402 g/mol. The summed E-state index contributed by atoms with van der Waals surface area (Å²) < 4.78 is 32.4. The van der Waals surface area contributed by atoms with Crippen molar-refractivity contribution in [2.24, 2.45) is 0 Å². The van der Waals surface area contributed by atoms with Crippen LogP contribution in [-0.2, 0) is 14.8 Å². The van der Waals surface area contributed by atoms with Crippen molar-refractivity contribution in [1.29, 1.82) is 0 Å². The van der Waals surface area contributed by atoms with E-state index in [0.717, 1.165) is 0 Å². The molecule has 26 heavy (non-hydrogen) atoms. The van der Waals surface area contributed by atoms with Crippen LogP contribution in [0.15, 0.2) is 18.3 Å². The Labute approximate surface area is 156 Å². The summed E-state index contributed by atoms with van der Waals surface area (Å²) in [6.07, 6.45) is 2.41. The minimum Gasteiger partial charge on any atom is -0.489 e. The van der Waals surface area contributed by atoms with Crippen molar-refractivity contribution in [3.63, 3.8) is 0 Å². The van der Waals surface area contributed by atoms with E-state index in [1.807, 2.05) is 0 Å². The fourth-order valence-electron chi connectivity index (χ4n) is 2.99. The molecule has 0 spiro atoms. The summed E-state index contributed by atoms with van der Waals surface area (Å²) in [7, 11) is -3.71. The Morgan fingerprint density at radius 3 is 2.58 bits per heavy atom. The average molecular weight is 403 g/mol. The molecule has 142 valence electrons. The molecular weight excluding hydrogens is 384 g/mol. The number of aromatic nitrogens is 1. The summed E-state index contributed by atoms with van der Waals surface area (Å²) in [4.78, 5) is 27.1. The number of carbonyl (C=O) groups excluding carboxylic acids is 2. The first-order valence-corrected chi connectivity index (χ1v) is 10.1. The maximum atomic E-state index is 12.6. The Morgan fingerprint density at radius 2 is 2.04 bits per heavy atom. The molecule has 0 saturated carbocycles. The average Bonchev–Trinajstić information content (AvgIpc) is 2.81. The second-order valence-corrected chi connectivity index (χ2v) is 8.89. The second-order valence-electron chi connectivity index (χ2n) is 6.53. The zero-order chi connectivity index (χ0) is 18.9. The third kappa shape index (κ3) is 4.08. The number of piperidine rings is 1. The van der Waals surface area contributed by atoms with Crippen molar-refractivity contribution < 1.29 is 22.7 Å². The first-order chi connectivity index (χ1) is 12.2. The fraction of sp³-hybridized carbons (Fsp3) is 0.533. The fourth-order valence-corrected chi connectivity index (χ4v) is 4.98. The topological polar surface area (TPSA) is 118 Å². The van der Waals surface area contributed by atoms with E-state index in [1.54, 1.807) is 12.1 Å². The van der Waals surface area contributed by atoms with Gasteiger partial charge < -0.3 is 10.1 Å². The Hall–Kier alpha value is -1.91. The van der Waals surface area contributed by atoms with E-state index >= 15 is 0 Å². The van der Waals surface area contributed by atoms with E-state index in [-0.39, 0.29) is 19.2 Å². The molecule has 2 fully saturated rings. The van der Waals surface area contributed by atoms with Crippen LogP contribution in [0.1, 0.15) is 19.8 Å². The Bertz CT molecular complexity index is 808. The van der Waals surface area contributed by atoms with Crippen molar-refractivity contribution in [1.82, 2.24) is 19.9 Å². The molecule has 2 aliphatic heterocycles. The number of hydrogen-bond donors (Lipinski definition) is 2. The Kier molecular flexibility index (Phi) is 5.09. The number of nitrogens with one attached hydrogen (secondary N) is 2. The highest BCUT2D eigenvalue weighted by atomic mass is 35.5. The molecule has 3 rings (SSSR count). The lowest BCUT2D eigenvalue weighted by Crippen LogP contribution is -2.53. The molecule has 0 radical (unpaired) electrons. The number of ether oxygens (including phenoxy) is 1. The lowest BCUT2D eigenvalue weighted by atomic mass is 10.1. The van der Waals surface area contributed by atoms with Gasteiger partial charge in [-0.3, -0.25) is 10.1 Å². The minimum absolute atomic E-state index is 0.130. The first-order valence-electron chi connectivity index (χ1n) is 8.08. The van der Waals surface area contributed by atoms with Gasteiger partial charge in [0.2, 0.25) is 10.0 Å². The highest BCUT2D eigenvalue weighted by Crippen LogP contribution is 2.23. The van der Waals surface area contributed by atoms with Crippen molar-refractivity contribution in [3.8, 4) is 5.75 Å². The smallest absolute Gasteiger partial charge is 0.322 e.